The summed E-state index contributed by atoms with van der Waals surface area (Å²) in [5.41, 5.74) is 1.11. The molecule has 2 aromatic rings. The Morgan fingerprint density at radius 1 is 1.20 bits per heavy atom. The van der Waals surface area contributed by atoms with Crippen molar-refractivity contribution >= 4 is 17.6 Å². The molecule has 0 radical (unpaired) electrons. The fourth-order valence-electron chi connectivity index (χ4n) is 1.58. The number of anilines is 1. The molecule has 6 nitrogen and oxygen atoms in total. The molecule has 1 heterocycles. The number of phenols is 1. The minimum absolute atomic E-state index is 0.0265. The molecule has 0 aliphatic carbocycles. The number of phenolic OH excluding ortho intramolecular Hbond substituents is 1. The van der Waals surface area contributed by atoms with Crippen LogP contribution in [0, 0.1) is 6.92 Å². The van der Waals surface area contributed by atoms with Crippen LogP contribution >= 0.6 is 0 Å². The molecule has 1 aromatic carbocycles. The van der Waals surface area contributed by atoms with Crippen molar-refractivity contribution < 1.29 is 19.8 Å². The maximum absolute atomic E-state index is 12.0. The summed E-state index contributed by atoms with van der Waals surface area (Å²) in [5, 5.41) is 20.9. The molecule has 1 aromatic heterocycles. The van der Waals surface area contributed by atoms with E-state index in [-0.39, 0.29) is 17.0 Å². The highest BCUT2D eigenvalue weighted by atomic mass is 16.4. The first-order valence-corrected chi connectivity index (χ1v) is 5.77. The number of aryl methyl sites for hydroxylation is 1. The quantitative estimate of drug-likeness (QED) is 0.794. The number of amides is 1. The monoisotopic (exact) mass is 272 g/mol. The molecule has 0 fully saturated rings. The molecule has 0 saturated carbocycles. The zero-order valence-corrected chi connectivity index (χ0v) is 10.6. The van der Waals surface area contributed by atoms with Crippen LogP contribution < -0.4 is 5.32 Å². The van der Waals surface area contributed by atoms with Gasteiger partial charge in [0, 0.05) is 17.4 Å². The van der Waals surface area contributed by atoms with Crippen LogP contribution in [0.1, 0.15) is 26.4 Å². The number of rotatable bonds is 3. The van der Waals surface area contributed by atoms with Gasteiger partial charge in [-0.2, -0.15) is 0 Å². The van der Waals surface area contributed by atoms with Gasteiger partial charge < -0.3 is 15.5 Å². The van der Waals surface area contributed by atoms with Gasteiger partial charge in [0.25, 0.3) is 5.91 Å². The Balaban J connectivity index is 2.21. The SMILES string of the molecule is Cc1ccc(C(=O)Nc2ccnc(C(=O)O)c2)cc1O. The molecule has 0 unspecified atom stereocenters. The molecule has 6 heteroatoms. The highest BCUT2D eigenvalue weighted by Gasteiger charge is 2.10. The lowest BCUT2D eigenvalue weighted by Gasteiger charge is -2.07. The summed E-state index contributed by atoms with van der Waals surface area (Å²) < 4.78 is 0. The summed E-state index contributed by atoms with van der Waals surface area (Å²) >= 11 is 0. The van der Waals surface area contributed by atoms with Crippen LogP contribution in [0.2, 0.25) is 0 Å². The van der Waals surface area contributed by atoms with Crippen LogP contribution in [0.25, 0.3) is 0 Å². The second-order valence-corrected chi connectivity index (χ2v) is 4.19. The number of carboxylic acid groups (broad SMARTS) is 1. The molecular weight excluding hydrogens is 260 g/mol. The lowest BCUT2D eigenvalue weighted by molar-refractivity contribution is 0.0690. The third kappa shape index (κ3) is 2.92. The van der Waals surface area contributed by atoms with Crippen LogP contribution in [0.4, 0.5) is 5.69 Å². The summed E-state index contributed by atoms with van der Waals surface area (Å²) in [7, 11) is 0. The number of nitrogens with zero attached hydrogens (tertiary/aromatic N) is 1. The maximum Gasteiger partial charge on any atom is 0.354 e. The second-order valence-electron chi connectivity index (χ2n) is 4.19. The Bertz CT molecular complexity index is 683. The van der Waals surface area contributed by atoms with Gasteiger partial charge in [-0.3, -0.25) is 4.79 Å². The number of pyridine rings is 1. The second kappa shape index (κ2) is 5.40. The molecule has 0 atom stereocenters. The Labute approximate surface area is 114 Å². The summed E-state index contributed by atoms with van der Waals surface area (Å²) in [6.45, 7) is 1.72. The number of carbonyl (C=O) groups excluding carboxylic acids is 1. The maximum atomic E-state index is 12.0. The predicted molar refractivity (Wildman–Crippen MR) is 72.0 cm³/mol. The molecule has 0 bridgehead atoms. The molecular formula is C14H12N2O4. The van der Waals surface area contributed by atoms with Gasteiger partial charge in [-0.25, -0.2) is 9.78 Å². The van der Waals surface area contributed by atoms with Crippen molar-refractivity contribution in [2.75, 3.05) is 5.32 Å². The molecule has 0 aliphatic rings. The molecule has 0 aliphatic heterocycles. The van der Waals surface area contributed by atoms with Crippen molar-refractivity contribution in [3.63, 3.8) is 0 Å². The zero-order valence-electron chi connectivity index (χ0n) is 10.6. The van der Waals surface area contributed by atoms with Gasteiger partial charge in [-0.15, -0.1) is 0 Å². The number of carbonyl (C=O) groups is 2. The van der Waals surface area contributed by atoms with Crippen LogP contribution in [-0.2, 0) is 0 Å². The van der Waals surface area contributed by atoms with Crippen molar-refractivity contribution in [2.24, 2.45) is 0 Å². The Morgan fingerprint density at radius 2 is 1.95 bits per heavy atom. The van der Waals surface area contributed by atoms with Gasteiger partial charge in [0.1, 0.15) is 11.4 Å². The smallest absolute Gasteiger partial charge is 0.354 e. The predicted octanol–water partition coefficient (Wildman–Crippen LogP) is 2.05. The highest BCUT2D eigenvalue weighted by molar-refractivity contribution is 6.04. The van der Waals surface area contributed by atoms with Gasteiger partial charge in [0.05, 0.1) is 0 Å². The summed E-state index contributed by atoms with van der Waals surface area (Å²) in [6, 6.07) is 7.29. The minimum Gasteiger partial charge on any atom is -0.508 e. The van der Waals surface area contributed by atoms with Crippen molar-refractivity contribution in [1.29, 1.82) is 0 Å². The van der Waals surface area contributed by atoms with Crippen molar-refractivity contribution in [3.05, 3.63) is 53.3 Å². The van der Waals surface area contributed by atoms with E-state index in [9.17, 15) is 14.7 Å². The summed E-state index contributed by atoms with van der Waals surface area (Å²) in [6.07, 6.45) is 1.30. The fourth-order valence-corrected chi connectivity index (χ4v) is 1.58. The molecule has 20 heavy (non-hydrogen) atoms. The number of aromatic carboxylic acids is 1. The van der Waals surface area contributed by atoms with Crippen molar-refractivity contribution in [3.8, 4) is 5.75 Å². The van der Waals surface area contributed by atoms with E-state index in [0.717, 1.165) is 0 Å². The van der Waals surface area contributed by atoms with E-state index in [1.54, 1.807) is 19.1 Å². The van der Waals surface area contributed by atoms with Gasteiger partial charge in [0.2, 0.25) is 0 Å². The molecule has 0 saturated heterocycles. The Hall–Kier alpha value is -2.89. The number of nitrogens with one attached hydrogen (secondary N) is 1. The lowest BCUT2D eigenvalue weighted by Crippen LogP contribution is -2.12. The number of hydrogen-bond acceptors (Lipinski definition) is 4. The van der Waals surface area contributed by atoms with Gasteiger partial charge in [-0.05, 0) is 36.8 Å². The van der Waals surface area contributed by atoms with Crippen LogP contribution in [-0.4, -0.2) is 27.1 Å². The summed E-state index contributed by atoms with van der Waals surface area (Å²) in [5.74, 6) is -1.59. The number of benzene rings is 1. The number of carboxylic acids is 1. The first-order chi connectivity index (χ1) is 9.47. The highest BCUT2D eigenvalue weighted by Crippen LogP contribution is 2.18. The van der Waals surface area contributed by atoms with E-state index in [1.807, 2.05) is 0 Å². The molecule has 1 amide bonds. The third-order valence-corrected chi connectivity index (χ3v) is 2.71. The third-order valence-electron chi connectivity index (χ3n) is 2.71. The Kier molecular flexibility index (Phi) is 3.65. The van der Waals surface area contributed by atoms with Gasteiger partial charge in [0.15, 0.2) is 0 Å². The topological polar surface area (TPSA) is 99.5 Å². The number of aromatic nitrogens is 1. The average molecular weight is 272 g/mol. The van der Waals surface area contributed by atoms with Crippen molar-refractivity contribution in [1.82, 2.24) is 4.98 Å². The van der Waals surface area contributed by atoms with E-state index < -0.39 is 11.9 Å². The average Bonchev–Trinajstić information content (AvgIpc) is 2.42. The van der Waals surface area contributed by atoms with Crippen LogP contribution in [0.3, 0.4) is 0 Å². The first-order valence-electron chi connectivity index (χ1n) is 5.77. The van der Waals surface area contributed by atoms with Gasteiger partial charge >= 0.3 is 5.97 Å². The first kappa shape index (κ1) is 13.5. The standard InChI is InChI=1S/C14H12N2O4/c1-8-2-3-9(6-12(8)17)13(18)16-10-4-5-15-11(7-10)14(19)20/h2-7,17H,1H3,(H,19,20)(H,15,16,18). The van der Waals surface area contributed by atoms with Gasteiger partial charge in [-0.1, -0.05) is 6.07 Å². The van der Waals surface area contributed by atoms with E-state index >= 15 is 0 Å². The molecule has 3 N–H and O–H groups in total. The normalized spacial score (nSPS) is 10.1. The van der Waals surface area contributed by atoms with E-state index in [2.05, 4.69) is 10.3 Å². The minimum atomic E-state index is -1.17. The molecule has 102 valence electrons. The van der Waals surface area contributed by atoms with Crippen LogP contribution in [0.15, 0.2) is 36.5 Å². The molecule has 2 rings (SSSR count). The van der Waals surface area contributed by atoms with E-state index in [1.165, 1.54) is 24.4 Å². The van der Waals surface area contributed by atoms with E-state index in [0.29, 0.717) is 11.3 Å². The number of hydrogen-bond donors (Lipinski definition) is 3. The fraction of sp³-hybridized carbons (Fsp3) is 0.0714. The lowest BCUT2D eigenvalue weighted by atomic mass is 10.1. The molecule has 0 spiro atoms. The number of aromatic hydroxyl groups is 1. The van der Waals surface area contributed by atoms with E-state index in [4.69, 9.17) is 5.11 Å². The summed E-state index contributed by atoms with van der Waals surface area (Å²) in [4.78, 5) is 26.4. The zero-order chi connectivity index (χ0) is 14.7. The van der Waals surface area contributed by atoms with Crippen molar-refractivity contribution in [2.45, 2.75) is 6.92 Å². The van der Waals surface area contributed by atoms with Crippen LogP contribution in [0.5, 0.6) is 5.75 Å². The largest absolute Gasteiger partial charge is 0.508 e. The Morgan fingerprint density at radius 3 is 2.60 bits per heavy atom.